The Morgan fingerprint density at radius 2 is 1.84 bits per heavy atom. The summed E-state index contributed by atoms with van der Waals surface area (Å²) in [6, 6.07) is 4.44. The van der Waals surface area contributed by atoms with Gasteiger partial charge in [0.05, 0.1) is 23.1 Å². The SMILES string of the molecule is N#CC12CC(n3nc4n(c3=O)[C@H](c3cc(F)cc(F)c3)CC4F)(C1)C2. The van der Waals surface area contributed by atoms with E-state index in [0.29, 0.717) is 19.3 Å². The summed E-state index contributed by atoms with van der Waals surface area (Å²) in [4.78, 5) is 12.8. The van der Waals surface area contributed by atoms with E-state index in [1.807, 2.05) is 0 Å². The number of rotatable bonds is 2. The van der Waals surface area contributed by atoms with Gasteiger partial charge in [0.25, 0.3) is 0 Å². The van der Waals surface area contributed by atoms with Crippen molar-refractivity contribution in [2.45, 2.75) is 43.4 Å². The van der Waals surface area contributed by atoms with Gasteiger partial charge in [0.1, 0.15) is 11.6 Å². The van der Waals surface area contributed by atoms with E-state index in [1.165, 1.54) is 9.25 Å². The second-order valence-corrected chi connectivity index (χ2v) is 7.49. The molecular formula is C17H13F3N4O. The molecule has 4 aliphatic rings. The highest BCUT2D eigenvalue weighted by atomic mass is 19.1. The Bertz CT molecular complexity index is 978. The molecular weight excluding hydrogens is 333 g/mol. The summed E-state index contributed by atoms with van der Waals surface area (Å²) in [7, 11) is 0. The van der Waals surface area contributed by atoms with Crippen molar-refractivity contribution in [3.63, 3.8) is 0 Å². The van der Waals surface area contributed by atoms with Crippen molar-refractivity contribution < 1.29 is 13.2 Å². The van der Waals surface area contributed by atoms with Crippen molar-refractivity contribution in [2.24, 2.45) is 5.41 Å². The van der Waals surface area contributed by atoms with Crippen LogP contribution in [-0.4, -0.2) is 14.3 Å². The molecule has 0 spiro atoms. The molecule has 2 atom stereocenters. The van der Waals surface area contributed by atoms with E-state index < -0.39 is 35.1 Å². The standard InChI is InChI=1S/C17H13F3N4O/c18-10-1-9(2-11(19)3-10)13-4-12(20)14-22-24(15(25)23(13)14)17-5-16(6-17,7-17)8-21/h1-3,12-13H,4-7H2/t12?,13-,16?,17?/m0/s1. The number of hydrogen-bond donors (Lipinski definition) is 0. The number of fused-ring (bicyclic) bond motifs is 1. The van der Waals surface area contributed by atoms with Crippen molar-refractivity contribution in [3.05, 3.63) is 51.7 Å². The van der Waals surface area contributed by atoms with Gasteiger partial charge in [-0.15, -0.1) is 0 Å². The molecule has 8 heteroatoms. The zero-order valence-corrected chi connectivity index (χ0v) is 13.0. The van der Waals surface area contributed by atoms with Gasteiger partial charge in [0.2, 0.25) is 0 Å². The smallest absolute Gasteiger partial charge is 0.269 e. The molecule has 3 aliphatic carbocycles. The normalized spacial score (nSPS) is 34.8. The fourth-order valence-electron chi connectivity index (χ4n) is 4.75. The molecule has 6 rings (SSSR count). The maximum absolute atomic E-state index is 14.4. The zero-order chi connectivity index (χ0) is 17.6. The molecule has 128 valence electrons. The van der Waals surface area contributed by atoms with Crippen molar-refractivity contribution >= 4 is 0 Å². The molecule has 2 heterocycles. The van der Waals surface area contributed by atoms with Gasteiger partial charge in [-0.05, 0) is 37.0 Å². The molecule has 3 fully saturated rings. The van der Waals surface area contributed by atoms with Crippen LogP contribution < -0.4 is 5.69 Å². The van der Waals surface area contributed by atoms with E-state index in [2.05, 4.69) is 11.2 Å². The summed E-state index contributed by atoms with van der Waals surface area (Å²) in [5.74, 6) is -1.54. The molecule has 25 heavy (non-hydrogen) atoms. The lowest BCUT2D eigenvalue weighted by Gasteiger charge is -2.65. The molecule has 2 bridgehead atoms. The molecule has 3 saturated carbocycles. The average molecular weight is 346 g/mol. The van der Waals surface area contributed by atoms with Crippen LogP contribution in [0.2, 0.25) is 0 Å². The number of nitrogens with zero attached hydrogens (tertiary/aromatic N) is 4. The number of halogens is 3. The first-order chi connectivity index (χ1) is 11.9. The van der Waals surface area contributed by atoms with Crippen LogP contribution in [0.15, 0.2) is 23.0 Å². The Balaban J connectivity index is 1.59. The van der Waals surface area contributed by atoms with E-state index in [-0.39, 0.29) is 23.2 Å². The fraction of sp³-hybridized carbons (Fsp3) is 0.471. The number of alkyl halides is 1. The number of hydrogen-bond acceptors (Lipinski definition) is 3. The highest BCUT2D eigenvalue weighted by Gasteiger charge is 2.71. The molecule has 5 nitrogen and oxygen atoms in total. The van der Waals surface area contributed by atoms with Crippen LogP contribution in [-0.2, 0) is 5.54 Å². The predicted octanol–water partition coefficient (Wildman–Crippen LogP) is 2.73. The van der Waals surface area contributed by atoms with Gasteiger partial charge in [-0.2, -0.15) is 10.4 Å². The number of aromatic nitrogens is 3. The highest BCUT2D eigenvalue weighted by Crippen LogP contribution is 2.70. The minimum atomic E-state index is -1.47. The lowest BCUT2D eigenvalue weighted by atomic mass is 9.40. The topological polar surface area (TPSA) is 63.6 Å². The summed E-state index contributed by atoms with van der Waals surface area (Å²) < 4.78 is 44.0. The van der Waals surface area contributed by atoms with Crippen LogP contribution in [0.3, 0.4) is 0 Å². The minimum Gasteiger partial charge on any atom is -0.269 e. The Morgan fingerprint density at radius 3 is 2.44 bits per heavy atom. The number of nitriles is 1. The summed E-state index contributed by atoms with van der Waals surface area (Å²) in [6.07, 6.45) is 0.0913. The average Bonchev–Trinajstić information content (AvgIpc) is 2.96. The maximum Gasteiger partial charge on any atom is 0.347 e. The first-order valence-electron chi connectivity index (χ1n) is 8.10. The van der Waals surface area contributed by atoms with Crippen LogP contribution in [0, 0.1) is 28.4 Å². The zero-order valence-electron chi connectivity index (χ0n) is 13.0. The van der Waals surface area contributed by atoms with Crippen molar-refractivity contribution in [2.75, 3.05) is 0 Å². The summed E-state index contributed by atoms with van der Waals surface area (Å²) >= 11 is 0. The fourth-order valence-corrected chi connectivity index (χ4v) is 4.75. The lowest BCUT2D eigenvalue weighted by molar-refractivity contribution is -0.155. The van der Waals surface area contributed by atoms with Gasteiger partial charge in [-0.3, -0.25) is 4.57 Å². The molecule has 1 aliphatic heterocycles. The van der Waals surface area contributed by atoms with Gasteiger partial charge in [0, 0.05) is 12.5 Å². The second kappa shape index (κ2) is 4.34. The first kappa shape index (κ1) is 14.8. The van der Waals surface area contributed by atoms with Gasteiger partial charge >= 0.3 is 5.69 Å². The van der Waals surface area contributed by atoms with Crippen molar-refractivity contribution in [1.82, 2.24) is 14.3 Å². The van der Waals surface area contributed by atoms with Gasteiger partial charge in [-0.25, -0.2) is 22.6 Å². The van der Waals surface area contributed by atoms with Crippen LogP contribution in [0.5, 0.6) is 0 Å². The lowest BCUT2D eigenvalue weighted by Crippen LogP contribution is -2.69. The summed E-state index contributed by atoms with van der Waals surface area (Å²) in [6.45, 7) is 0. The summed E-state index contributed by atoms with van der Waals surface area (Å²) in [5, 5.41) is 13.3. The van der Waals surface area contributed by atoms with E-state index in [9.17, 15) is 18.0 Å². The Hall–Kier alpha value is -2.56. The maximum atomic E-state index is 14.4. The Kier molecular flexibility index (Phi) is 2.56. The molecule has 1 aromatic carbocycles. The van der Waals surface area contributed by atoms with Crippen molar-refractivity contribution in [3.8, 4) is 6.07 Å². The molecule has 2 aromatic rings. The second-order valence-electron chi connectivity index (χ2n) is 7.49. The molecule has 0 saturated heterocycles. The molecule has 1 aromatic heterocycles. The van der Waals surface area contributed by atoms with Crippen molar-refractivity contribution in [1.29, 1.82) is 5.26 Å². The molecule has 0 N–H and O–H groups in total. The third kappa shape index (κ3) is 1.73. The Labute approximate surface area is 140 Å². The van der Waals surface area contributed by atoms with Crippen LogP contribution in [0.4, 0.5) is 13.2 Å². The van der Waals surface area contributed by atoms with Gasteiger partial charge < -0.3 is 0 Å². The van der Waals surface area contributed by atoms with E-state index in [0.717, 1.165) is 18.2 Å². The monoisotopic (exact) mass is 346 g/mol. The van der Waals surface area contributed by atoms with E-state index in [4.69, 9.17) is 5.26 Å². The Morgan fingerprint density at radius 1 is 1.20 bits per heavy atom. The number of benzene rings is 1. The largest absolute Gasteiger partial charge is 0.347 e. The van der Waals surface area contributed by atoms with E-state index >= 15 is 0 Å². The minimum absolute atomic E-state index is 0.00426. The molecule has 0 amide bonds. The molecule has 1 unspecified atom stereocenters. The quantitative estimate of drug-likeness (QED) is 0.840. The van der Waals surface area contributed by atoms with Crippen LogP contribution in [0.25, 0.3) is 0 Å². The summed E-state index contributed by atoms with van der Waals surface area (Å²) in [5.41, 5.74) is -1.13. The molecule has 0 radical (unpaired) electrons. The third-order valence-electron chi connectivity index (χ3n) is 5.82. The van der Waals surface area contributed by atoms with Crippen LogP contribution in [0.1, 0.15) is 49.3 Å². The predicted molar refractivity (Wildman–Crippen MR) is 79.3 cm³/mol. The third-order valence-corrected chi connectivity index (χ3v) is 5.82. The van der Waals surface area contributed by atoms with Crippen LogP contribution >= 0.6 is 0 Å². The van der Waals surface area contributed by atoms with Gasteiger partial charge in [0.15, 0.2) is 12.0 Å². The first-order valence-corrected chi connectivity index (χ1v) is 8.10. The highest BCUT2D eigenvalue weighted by molar-refractivity contribution is 5.30. The van der Waals surface area contributed by atoms with E-state index in [1.54, 1.807) is 0 Å². The van der Waals surface area contributed by atoms with Gasteiger partial charge in [-0.1, -0.05) is 0 Å².